The minimum Gasteiger partial charge on any atom is -0.371 e. The van der Waals surface area contributed by atoms with E-state index >= 15 is 0 Å². The quantitative estimate of drug-likeness (QED) is 0.188. The summed E-state index contributed by atoms with van der Waals surface area (Å²) in [6, 6.07) is 16.6. The Morgan fingerprint density at radius 1 is 0.304 bits per heavy atom. The second kappa shape index (κ2) is 28.9. The smallest absolute Gasteiger partial charge is 0.371 e. The molecule has 4 aliphatic heterocycles. The van der Waals surface area contributed by atoms with Gasteiger partial charge >= 0.3 is 44.8 Å². The van der Waals surface area contributed by atoms with Gasteiger partial charge in [0.2, 0.25) is 0 Å². The Morgan fingerprint density at radius 3 is 0.554 bits per heavy atom. The number of halogens is 2. The molecule has 20 heteroatoms. The summed E-state index contributed by atoms with van der Waals surface area (Å²) >= 11 is 0. The molecule has 0 radical (unpaired) electrons. The summed E-state index contributed by atoms with van der Waals surface area (Å²) in [4.78, 5) is 25.6. The first kappa shape index (κ1) is 51.6. The third-order valence-corrected chi connectivity index (χ3v) is 8.54. The van der Waals surface area contributed by atoms with E-state index in [0.29, 0.717) is 0 Å². The van der Waals surface area contributed by atoms with Crippen molar-refractivity contribution in [3.05, 3.63) is 98.1 Å². The van der Waals surface area contributed by atoms with Gasteiger partial charge in [0.25, 0.3) is 0 Å². The van der Waals surface area contributed by atoms with Gasteiger partial charge < -0.3 is 19.6 Å². The van der Waals surface area contributed by atoms with Crippen LogP contribution in [0, 0.1) is 20.5 Å². The zero-order chi connectivity index (χ0) is 39.1. The SMILES string of the molecule is [Ag+].[Ag+].[O-][Cl+3]([O-])([O-])[O-].[O-][Cl+3]([O-])([O-])[O-].c1cc(N2CCCC2)ccn1.c1cc(N2CCCC2)ccn1.c1cc(N2CCCC2)ccn1.c1cc(N2CCCC2)ccn1. The Kier molecular flexibility index (Phi) is 26.6. The third kappa shape index (κ3) is 24.3. The van der Waals surface area contributed by atoms with Gasteiger partial charge in [0.15, 0.2) is 0 Å². The van der Waals surface area contributed by atoms with Gasteiger partial charge in [0.1, 0.15) is 0 Å². The van der Waals surface area contributed by atoms with E-state index < -0.39 is 20.5 Å². The minimum absolute atomic E-state index is 0. The molecule has 0 aliphatic carbocycles. The second-order valence-electron chi connectivity index (χ2n) is 12.4. The van der Waals surface area contributed by atoms with Crippen LogP contribution in [0.3, 0.4) is 0 Å². The molecule has 4 aliphatic rings. The van der Waals surface area contributed by atoms with E-state index in [1.165, 1.54) is 126 Å². The molecule has 8 heterocycles. The van der Waals surface area contributed by atoms with Gasteiger partial charge in [0.05, 0.1) is 0 Å². The van der Waals surface area contributed by atoms with Gasteiger partial charge in [-0.2, -0.15) is 0 Å². The van der Waals surface area contributed by atoms with Crippen molar-refractivity contribution in [3.8, 4) is 0 Å². The maximum atomic E-state index is 8.49. The molecule has 0 N–H and O–H groups in total. The molecule has 16 nitrogen and oxygen atoms in total. The van der Waals surface area contributed by atoms with Crippen molar-refractivity contribution in [3.63, 3.8) is 0 Å². The van der Waals surface area contributed by atoms with Gasteiger partial charge in [0, 0.05) is 125 Å². The van der Waals surface area contributed by atoms with Crippen LogP contribution in [0.4, 0.5) is 22.7 Å². The average molecular weight is 1010 g/mol. The Balaban J connectivity index is 0.000000343. The summed E-state index contributed by atoms with van der Waals surface area (Å²) in [6.45, 7) is 9.70. The maximum Gasteiger partial charge on any atom is 1.00 e. The Hall–Kier alpha value is -2.46. The molecule has 316 valence electrons. The fraction of sp³-hybridized carbons (Fsp3) is 0.444. The minimum atomic E-state index is -4.94. The van der Waals surface area contributed by atoms with Crippen molar-refractivity contribution in [1.82, 2.24) is 19.9 Å². The van der Waals surface area contributed by atoms with Crippen molar-refractivity contribution in [1.29, 1.82) is 0 Å². The Labute approximate surface area is 364 Å². The van der Waals surface area contributed by atoms with Crippen molar-refractivity contribution >= 4 is 22.7 Å². The summed E-state index contributed by atoms with van der Waals surface area (Å²) in [5.41, 5.74) is 5.27. The van der Waals surface area contributed by atoms with Crippen LogP contribution in [0.5, 0.6) is 0 Å². The van der Waals surface area contributed by atoms with Crippen LogP contribution >= 0.6 is 0 Å². The standard InChI is InChI=1S/4C9H12N2.2Ag.2ClHO4/c4*1-2-8-11(7-1)9-3-5-10-6-4-9;;;2*2-1(3,4)5/h4*3-6H,1-2,7-8H2;;;2*(H,2,3,4,5)/q;;;;2*+1;;/p-2. The van der Waals surface area contributed by atoms with E-state index in [1.807, 2.05) is 49.6 Å². The van der Waals surface area contributed by atoms with Crippen LogP contribution in [0.15, 0.2) is 98.1 Å². The van der Waals surface area contributed by atoms with Gasteiger partial charge in [-0.3, -0.25) is 19.9 Å². The van der Waals surface area contributed by atoms with Crippen LogP contribution in [0.1, 0.15) is 51.4 Å². The van der Waals surface area contributed by atoms with E-state index in [-0.39, 0.29) is 44.8 Å². The molecule has 56 heavy (non-hydrogen) atoms. The van der Waals surface area contributed by atoms with Crippen LogP contribution < -0.4 is 56.9 Å². The molecule has 0 unspecified atom stereocenters. The van der Waals surface area contributed by atoms with Crippen LogP contribution in [0.2, 0.25) is 0 Å². The van der Waals surface area contributed by atoms with Gasteiger partial charge in [-0.05, 0) is 99.9 Å². The molecule has 0 saturated carbocycles. The number of aromatic nitrogens is 4. The normalized spacial score (nSPS) is 15.7. The van der Waals surface area contributed by atoms with E-state index in [4.69, 9.17) is 37.3 Å². The number of rotatable bonds is 4. The summed E-state index contributed by atoms with van der Waals surface area (Å²) in [6.07, 6.45) is 25.5. The molecule has 0 amide bonds. The van der Waals surface area contributed by atoms with Gasteiger partial charge in [-0.1, -0.05) is 0 Å². The molecule has 0 aromatic carbocycles. The molecular weight excluding hydrogens is 959 g/mol. The van der Waals surface area contributed by atoms with Crippen LogP contribution in [-0.4, -0.2) is 72.3 Å². The summed E-state index contributed by atoms with van der Waals surface area (Å²) < 4.78 is 67.9. The molecule has 8 rings (SSSR count). The Morgan fingerprint density at radius 2 is 0.429 bits per heavy atom. The topological polar surface area (TPSA) is 249 Å². The number of hydrogen-bond acceptors (Lipinski definition) is 16. The first-order valence-electron chi connectivity index (χ1n) is 17.7. The molecule has 4 saturated heterocycles. The van der Waals surface area contributed by atoms with Crippen LogP contribution in [0.25, 0.3) is 0 Å². The molecule has 0 bridgehead atoms. The number of pyridine rings is 4. The summed E-state index contributed by atoms with van der Waals surface area (Å²) in [5.74, 6) is 0. The molecule has 0 spiro atoms. The number of nitrogens with zero attached hydrogens (tertiary/aromatic N) is 8. The zero-order valence-corrected chi connectivity index (χ0v) is 35.2. The Bertz CT molecular complexity index is 1270. The zero-order valence-electron chi connectivity index (χ0n) is 30.8. The number of anilines is 4. The first-order valence-corrected chi connectivity index (χ1v) is 20.2. The van der Waals surface area contributed by atoms with E-state index in [1.54, 1.807) is 0 Å². The second-order valence-corrected chi connectivity index (χ2v) is 13.9. The molecule has 0 atom stereocenters. The predicted molar refractivity (Wildman–Crippen MR) is 183 cm³/mol. The largest absolute Gasteiger partial charge is 1.00 e. The summed E-state index contributed by atoms with van der Waals surface area (Å²) in [7, 11) is -9.89. The van der Waals surface area contributed by atoms with E-state index in [9.17, 15) is 0 Å². The monoisotopic (exact) mass is 1000 g/mol. The number of hydrogen-bond donors (Lipinski definition) is 0. The van der Waals surface area contributed by atoms with Gasteiger partial charge in [-0.25, -0.2) is 37.3 Å². The summed E-state index contributed by atoms with van der Waals surface area (Å²) in [5, 5.41) is 0. The first-order chi connectivity index (χ1) is 25.9. The van der Waals surface area contributed by atoms with Crippen molar-refractivity contribution in [2.24, 2.45) is 0 Å². The maximum absolute atomic E-state index is 8.49. The molecule has 4 aromatic heterocycles. The van der Waals surface area contributed by atoms with Crippen molar-refractivity contribution in [2.45, 2.75) is 51.4 Å². The fourth-order valence-corrected chi connectivity index (χ4v) is 6.12. The van der Waals surface area contributed by atoms with Gasteiger partial charge in [-0.15, -0.1) is 20.5 Å². The molecule has 4 fully saturated rings. The fourth-order valence-electron chi connectivity index (χ4n) is 6.12. The van der Waals surface area contributed by atoms with E-state index in [0.717, 1.165) is 0 Å². The average Bonchev–Trinajstić information content (AvgIpc) is 4.01. The third-order valence-electron chi connectivity index (χ3n) is 8.54. The van der Waals surface area contributed by atoms with Crippen LogP contribution in [-0.2, 0) is 44.8 Å². The molecule has 4 aromatic rings. The molecular formula is C36H48Ag2Cl2N8O8. The van der Waals surface area contributed by atoms with Crippen molar-refractivity contribution in [2.75, 3.05) is 72.0 Å². The van der Waals surface area contributed by atoms with Crippen molar-refractivity contribution < 1.29 is 103 Å². The predicted octanol–water partition coefficient (Wildman–Crippen LogP) is -2.79. The van der Waals surface area contributed by atoms with E-state index in [2.05, 4.69) is 88.1 Å².